The van der Waals surface area contributed by atoms with Crippen LogP contribution in [0.3, 0.4) is 0 Å². The Hall–Kier alpha value is -4.13. The molecule has 1 aliphatic rings. The molecule has 1 aliphatic carbocycles. The highest BCUT2D eigenvalue weighted by Gasteiger charge is 2.29. The molecule has 180 valence electrons. The standard InChI is InChI=1S/C28H28N2O5/c1-18(15-26(31)32)30-27(33)24(19-9-3-2-4-10-19)16-29-28(34)35-17-25-22-13-7-5-11-20(22)21-12-6-8-14-23(21)25/h2-14,18,24-25H,15-17H2,1H3,(H,29,34)(H,30,33)(H,31,32)/t18-,24?/m1/s1. The number of amides is 2. The second kappa shape index (κ2) is 10.9. The number of nitrogens with one attached hydrogen (secondary N) is 2. The average molecular weight is 473 g/mol. The van der Waals surface area contributed by atoms with Crippen LogP contribution in [-0.4, -0.2) is 42.3 Å². The van der Waals surface area contributed by atoms with Gasteiger partial charge in [0.2, 0.25) is 5.91 Å². The van der Waals surface area contributed by atoms with E-state index in [1.54, 1.807) is 19.1 Å². The van der Waals surface area contributed by atoms with Gasteiger partial charge in [0, 0.05) is 18.5 Å². The van der Waals surface area contributed by atoms with Crippen molar-refractivity contribution >= 4 is 18.0 Å². The number of benzene rings is 3. The average Bonchev–Trinajstić information content (AvgIpc) is 3.16. The predicted octanol–water partition coefficient (Wildman–Crippen LogP) is 4.29. The van der Waals surface area contributed by atoms with Crippen molar-refractivity contribution in [2.75, 3.05) is 13.2 Å². The summed E-state index contributed by atoms with van der Waals surface area (Å²) in [4.78, 5) is 36.5. The number of carbonyl (C=O) groups is 3. The summed E-state index contributed by atoms with van der Waals surface area (Å²) in [6, 6.07) is 24.7. The Balaban J connectivity index is 1.39. The van der Waals surface area contributed by atoms with E-state index in [9.17, 15) is 14.4 Å². The van der Waals surface area contributed by atoms with Crippen LogP contribution >= 0.6 is 0 Å². The molecule has 0 saturated carbocycles. The van der Waals surface area contributed by atoms with Gasteiger partial charge in [0.1, 0.15) is 6.61 Å². The lowest BCUT2D eigenvalue weighted by molar-refractivity contribution is -0.137. The smallest absolute Gasteiger partial charge is 0.407 e. The molecule has 0 aromatic heterocycles. The van der Waals surface area contributed by atoms with E-state index in [2.05, 4.69) is 34.9 Å². The zero-order chi connectivity index (χ0) is 24.8. The van der Waals surface area contributed by atoms with Gasteiger partial charge in [0.05, 0.1) is 12.3 Å². The molecule has 1 unspecified atom stereocenters. The monoisotopic (exact) mass is 472 g/mol. The van der Waals surface area contributed by atoms with E-state index in [4.69, 9.17) is 9.84 Å². The first kappa shape index (κ1) is 24.0. The molecule has 3 N–H and O–H groups in total. The first-order chi connectivity index (χ1) is 16.9. The van der Waals surface area contributed by atoms with Crippen LogP contribution in [0, 0.1) is 0 Å². The van der Waals surface area contributed by atoms with Crippen molar-refractivity contribution in [2.45, 2.75) is 31.2 Å². The maximum atomic E-state index is 12.9. The van der Waals surface area contributed by atoms with E-state index in [0.29, 0.717) is 5.56 Å². The quantitative estimate of drug-likeness (QED) is 0.431. The number of ether oxygens (including phenoxy) is 1. The number of carboxylic acid groups (broad SMARTS) is 1. The molecule has 0 aliphatic heterocycles. The van der Waals surface area contributed by atoms with E-state index in [0.717, 1.165) is 22.3 Å². The third-order valence-corrected chi connectivity index (χ3v) is 6.18. The van der Waals surface area contributed by atoms with Crippen LogP contribution in [-0.2, 0) is 14.3 Å². The van der Waals surface area contributed by atoms with Crippen molar-refractivity contribution in [1.82, 2.24) is 10.6 Å². The van der Waals surface area contributed by atoms with E-state index in [1.807, 2.05) is 42.5 Å². The fourth-order valence-corrected chi connectivity index (χ4v) is 4.54. The summed E-state index contributed by atoms with van der Waals surface area (Å²) < 4.78 is 5.58. The Morgan fingerprint density at radius 3 is 2.06 bits per heavy atom. The van der Waals surface area contributed by atoms with Crippen molar-refractivity contribution in [3.63, 3.8) is 0 Å². The summed E-state index contributed by atoms with van der Waals surface area (Å²) in [5.41, 5.74) is 5.25. The molecular formula is C28H28N2O5. The SMILES string of the molecule is C[C@H](CC(=O)O)NC(=O)C(CNC(=O)OCC1c2ccccc2-c2ccccc21)c1ccccc1. The first-order valence-electron chi connectivity index (χ1n) is 11.6. The van der Waals surface area contributed by atoms with Gasteiger partial charge >= 0.3 is 12.1 Å². The van der Waals surface area contributed by atoms with Crippen LogP contribution in [0.4, 0.5) is 4.79 Å². The molecule has 0 saturated heterocycles. The molecule has 0 fully saturated rings. The van der Waals surface area contributed by atoms with Gasteiger partial charge in [-0.1, -0.05) is 78.9 Å². The minimum atomic E-state index is -0.995. The lowest BCUT2D eigenvalue weighted by atomic mass is 9.97. The third kappa shape index (κ3) is 5.69. The minimum absolute atomic E-state index is 0.0202. The van der Waals surface area contributed by atoms with Crippen molar-refractivity contribution in [3.05, 3.63) is 95.6 Å². The molecule has 3 aromatic rings. The van der Waals surface area contributed by atoms with Crippen molar-refractivity contribution < 1.29 is 24.2 Å². The van der Waals surface area contributed by atoms with E-state index >= 15 is 0 Å². The number of hydrogen-bond acceptors (Lipinski definition) is 4. The molecule has 3 aromatic carbocycles. The zero-order valence-electron chi connectivity index (χ0n) is 19.4. The highest BCUT2D eigenvalue weighted by Crippen LogP contribution is 2.44. The lowest BCUT2D eigenvalue weighted by Gasteiger charge is -2.21. The summed E-state index contributed by atoms with van der Waals surface area (Å²) in [5, 5.41) is 14.4. The second-order valence-corrected chi connectivity index (χ2v) is 8.68. The van der Waals surface area contributed by atoms with Crippen LogP contribution in [0.2, 0.25) is 0 Å². The van der Waals surface area contributed by atoms with Crippen LogP contribution in [0.15, 0.2) is 78.9 Å². The highest BCUT2D eigenvalue weighted by molar-refractivity contribution is 5.85. The predicted molar refractivity (Wildman–Crippen MR) is 132 cm³/mol. The maximum absolute atomic E-state index is 12.9. The summed E-state index contributed by atoms with van der Waals surface area (Å²) >= 11 is 0. The van der Waals surface area contributed by atoms with Crippen LogP contribution < -0.4 is 10.6 Å². The molecule has 35 heavy (non-hydrogen) atoms. The largest absolute Gasteiger partial charge is 0.481 e. The number of fused-ring (bicyclic) bond motifs is 3. The van der Waals surface area contributed by atoms with Gasteiger partial charge in [-0.25, -0.2) is 4.79 Å². The molecular weight excluding hydrogens is 444 g/mol. The molecule has 7 heteroatoms. The number of aliphatic carboxylic acids is 1. The summed E-state index contributed by atoms with van der Waals surface area (Å²) in [6.45, 7) is 1.83. The number of carbonyl (C=O) groups excluding carboxylic acids is 2. The lowest BCUT2D eigenvalue weighted by Crippen LogP contribution is -2.42. The Morgan fingerprint density at radius 2 is 1.46 bits per heavy atom. The number of hydrogen-bond donors (Lipinski definition) is 3. The zero-order valence-corrected chi connectivity index (χ0v) is 19.4. The van der Waals surface area contributed by atoms with Gasteiger partial charge in [-0.05, 0) is 34.7 Å². The molecule has 0 heterocycles. The fraction of sp³-hybridized carbons (Fsp3) is 0.250. The molecule has 0 radical (unpaired) electrons. The van der Waals surface area contributed by atoms with Gasteiger partial charge in [-0.2, -0.15) is 0 Å². The van der Waals surface area contributed by atoms with Crippen LogP contribution in [0.25, 0.3) is 11.1 Å². The van der Waals surface area contributed by atoms with Crippen molar-refractivity contribution in [1.29, 1.82) is 0 Å². The van der Waals surface area contributed by atoms with E-state index < -0.39 is 24.0 Å². The maximum Gasteiger partial charge on any atom is 0.407 e. The summed E-state index contributed by atoms with van der Waals surface area (Å²) in [6.07, 6.45) is -0.799. The topological polar surface area (TPSA) is 105 Å². The summed E-state index contributed by atoms with van der Waals surface area (Å²) in [5.74, 6) is -2.10. The molecule has 0 bridgehead atoms. The van der Waals surface area contributed by atoms with Gasteiger partial charge in [0.15, 0.2) is 0 Å². The van der Waals surface area contributed by atoms with E-state index in [1.165, 1.54) is 0 Å². The number of rotatable bonds is 9. The molecule has 7 nitrogen and oxygen atoms in total. The van der Waals surface area contributed by atoms with E-state index in [-0.39, 0.29) is 31.4 Å². The molecule has 0 spiro atoms. The fourth-order valence-electron chi connectivity index (χ4n) is 4.54. The van der Waals surface area contributed by atoms with Crippen molar-refractivity contribution in [3.8, 4) is 11.1 Å². The molecule has 2 amide bonds. The Kier molecular flexibility index (Phi) is 7.45. The van der Waals surface area contributed by atoms with Gasteiger partial charge in [-0.15, -0.1) is 0 Å². The van der Waals surface area contributed by atoms with Gasteiger partial charge in [-0.3, -0.25) is 9.59 Å². The van der Waals surface area contributed by atoms with Crippen LogP contribution in [0.5, 0.6) is 0 Å². The third-order valence-electron chi connectivity index (χ3n) is 6.18. The summed E-state index contributed by atoms with van der Waals surface area (Å²) in [7, 11) is 0. The number of alkyl carbamates (subject to hydrolysis) is 1. The van der Waals surface area contributed by atoms with Crippen LogP contribution in [0.1, 0.15) is 41.9 Å². The Morgan fingerprint density at radius 1 is 0.886 bits per heavy atom. The first-order valence-corrected chi connectivity index (χ1v) is 11.6. The molecule has 2 atom stereocenters. The second-order valence-electron chi connectivity index (χ2n) is 8.68. The normalized spacial score (nSPS) is 13.7. The number of carboxylic acids is 1. The van der Waals surface area contributed by atoms with Crippen molar-refractivity contribution in [2.24, 2.45) is 0 Å². The van der Waals surface area contributed by atoms with Gasteiger partial charge in [0.25, 0.3) is 0 Å². The Bertz CT molecular complexity index is 1170. The van der Waals surface area contributed by atoms with Gasteiger partial charge < -0.3 is 20.5 Å². The highest BCUT2D eigenvalue weighted by atomic mass is 16.5. The Labute approximate surface area is 204 Å². The molecule has 4 rings (SSSR count). The minimum Gasteiger partial charge on any atom is -0.481 e.